The molecule has 0 atom stereocenters. The molecule has 0 aliphatic carbocycles. The van der Waals surface area contributed by atoms with Gasteiger partial charge in [0.25, 0.3) is 5.91 Å². The summed E-state index contributed by atoms with van der Waals surface area (Å²) in [6.45, 7) is 4.13. The van der Waals surface area contributed by atoms with Crippen LogP contribution in [-0.4, -0.2) is 32.6 Å². The van der Waals surface area contributed by atoms with Crippen molar-refractivity contribution in [3.05, 3.63) is 65.3 Å². The molecule has 1 amide bonds. The first kappa shape index (κ1) is 21.5. The number of hydrogen-bond donors (Lipinski definition) is 1. The van der Waals surface area contributed by atoms with E-state index in [1.54, 1.807) is 11.5 Å². The molecule has 0 aliphatic heterocycles. The topological polar surface area (TPSA) is 62.5 Å². The lowest BCUT2D eigenvalue weighted by atomic mass is 10.0. The van der Waals surface area contributed by atoms with Crippen molar-refractivity contribution in [2.45, 2.75) is 20.4 Å². The van der Waals surface area contributed by atoms with Gasteiger partial charge < -0.3 is 15.0 Å². The number of aryl methyl sites for hydroxylation is 1. The van der Waals surface area contributed by atoms with Gasteiger partial charge in [0.1, 0.15) is 10.6 Å². The van der Waals surface area contributed by atoms with Gasteiger partial charge in [0.2, 0.25) is 6.54 Å². The third-order valence-electron chi connectivity index (χ3n) is 4.60. The standard InChI is InChI=1S/C23H25N3O3S/c1-5-29-23(28)21-20(17-9-7-6-8-10-17)16(2)30-22(21)24-19(27)15-26-13-11-18(12-14-26)25(3)4/h6-14H,5,15H2,1-4H3/p+1. The van der Waals surface area contributed by atoms with E-state index >= 15 is 0 Å². The number of rotatable bonds is 7. The Bertz CT molecular complexity index is 1030. The number of aromatic nitrogens is 1. The molecule has 3 rings (SSSR count). The molecule has 0 fully saturated rings. The van der Waals surface area contributed by atoms with E-state index < -0.39 is 5.97 Å². The second-order valence-electron chi connectivity index (χ2n) is 7.00. The number of hydrogen-bond acceptors (Lipinski definition) is 5. The molecule has 2 aromatic heterocycles. The van der Waals surface area contributed by atoms with Crippen LogP contribution in [-0.2, 0) is 16.1 Å². The Kier molecular flexibility index (Phi) is 6.84. The number of pyridine rings is 1. The van der Waals surface area contributed by atoms with Gasteiger partial charge in [0.15, 0.2) is 12.4 Å². The lowest BCUT2D eigenvalue weighted by Crippen LogP contribution is -2.39. The molecule has 6 nitrogen and oxygen atoms in total. The van der Waals surface area contributed by atoms with Gasteiger partial charge >= 0.3 is 5.97 Å². The van der Waals surface area contributed by atoms with Crippen molar-refractivity contribution in [1.82, 2.24) is 0 Å². The minimum atomic E-state index is -0.431. The normalized spacial score (nSPS) is 10.5. The van der Waals surface area contributed by atoms with Crippen molar-refractivity contribution < 1.29 is 18.9 Å². The molecule has 0 unspecified atom stereocenters. The van der Waals surface area contributed by atoms with E-state index in [1.807, 2.05) is 80.8 Å². The Morgan fingerprint density at radius 1 is 1.10 bits per heavy atom. The van der Waals surface area contributed by atoms with E-state index in [0.29, 0.717) is 10.6 Å². The van der Waals surface area contributed by atoms with Crippen molar-refractivity contribution in [1.29, 1.82) is 0 Å². The fraction of sp³-hybridized carbons (Fsp3) is 0.261. The van der Waals surface area contributed by atoms with Gasteiger partial charge in [-0.3, -0.25) is 4.79 Å². The zero-order valence-electron chi connectivity index (χ0n) is 17.6. The predicted octanol–water partition coefficient (Wildman–Crippen LogP) is 3.89. The number of esters is 1. The van der Waals surface area contributed by atoms with Gasteiger partial charge in [0, 0.05) is 42.4 Å². The van der Waals surface area contributed by atoms with Crippen molar-refractivity contribution in [2.24, 2.45) is 0 Å². The Hall–Kier alpha value is -3.19. The average Bonchev–Trinajstić information content (AvgIpc) is 3.04. The van der Waals surface area contributed by atoms with Crippen LogP contribution < -0.4 is 14.8 Å². The molecule has 156 valence electrons. The molecular formula is C23H26N3O3S+. The number of carbonyl (C=O) groups excluding carboxylic acids is 2. The van der Waals surface area contributed by atoms with Gasteiger partial charge in [0.05, 0.1) is 6.61 Å². The van der Waals surface area contributed by atoms with Crippen molar-refractivity contribution >= 4 is 33.9 Å². The molecule has 3 aromatic rings. The second kappa shape index (κ2) is 9.54. The fourth-order valence-corrected chi connectivity index (χ4v) is 4.25. The molecule has 0 spiro atoms. The minimum absolute atomic E-state index is 0.146. The molecule has 0 bridgehead atoms. The lowest BCUT2D eigenvalue weighted by Gasteiger charge is -2.10. The summed E-state index contributed by atoms with van der Waals surface area (Å²) in [4.78, 5) is 28.4. The maximum Gasteiger partial charge on any atom is 0.341 e. The minimum Gasteiger partial charge on any atom is -0.462 e. The van der Waals surface area contributed by atoms with Crippen LogP contribution >= 0.6 is 11.3 Å². The highest BCUT2D eigenvalue weighted by atomic mass is 32.1. The van der Waals surface area contributed by atoms with E-state index in [1.165, 1.54) is 11.3 Å². The van der Waals surface area contributed by atoms with Gasteiger partial charge in [-0.25, -0.2) is 4.79 Å². The third-order valence-corrected chi connectivity index (χ3v) is 5.62. The van der Waals surface area contributed by atoms with E-state index in [2.05, 4.69) is 5.32 Å². The largest absolute Gasteiger partial charge is 0.462 e. The SMILES string of the molecule is CCOC(=O)c1c(NC(=O)C[n+]2ccc(N(C)C)cc2)sc(C)c1-c1ccccc1. The highest BCUT2D eigenvalue weighted by Gasteiger charge is 2.26. The maximum atomic E-state index is 12.7. The monoisotopic (exact) mass is 424 g/mol. The number of anilines is 2. The first-order valence-electron chi connectivity index (χ1n) is 9.73. The van der Waals surface area contributed by atoms with Crippen LogP contribution in [0.1, 0.15) is 22.2 Å². The first-order chi connectivity index (χ1) is 14.4. The average molecular weight is 425 g/mol. The Morgan fingerprint density at radius 3 is 2.37 bits per heavy atom. The van der Waals surface area contributed by atoms with Crippen LogP contribution in [0.5, 0.6) is 0 Å². The number of benzene rings is 1. The Labute approximate surface area is 180 Å². The third kappa shape index (κ3) is 4.86. The summed E-state index contributed by atoms with van der Waals surface area (Å²) in [5.41, 5.74) is 3.19. The molecule has 2 heterocycles. The molecule has 0 saturated carbocycles. The predicted molar refractivity (Wildman–Crippen MR) is 120 cm³/mol. The summed E-state index contributed by atoms with van der Waals surface area (Å²) in [5, 5.41) is 3.43. The number of nitrogens with one attached hydrogen (secondary N) is 1. The number of ether oxygens (including phenoxy) is 1. The van der Waals surface area contributed by atoms with Gasteiger partial charge in [-0.15, -0.1) is 11.3 Å². The highest BCUT2D eigenvalue weighted by Crippen LogP contribution is 2.40. The summed E-state index contributed by atoms with van der Waals surface area (Å²) in [6.07, 6.45) is 3.71. The Morgan fingerprint density at radius 2 is 1.77 bits per heavy atom. The highest BCUT2D eigenvalue weighted by molar-refractivity contribution is 7.17. The van der Waals surface area contributed by atoms with Crippen LogP contribution in [0.25, 0.3) is 11.1 Å². The first-order valence-corrected chi connectivity index (χ1v) is 10.5. The van der Waals surface area contributed by atoms with Gasteiger partial charge in [-0.05, 0) is 19.4 Å². The zero-order valence-corrected chi connectivity index (χ0v) is 18.5. The molecule has 0 radical (unpaired) electrons. The quantitative estimate of drug-likeness (QED) is 0.462. The molecular weight excluding hydrogens is 398 g/mol. The molecule has 1 N–H and O–H groups in total. The number of carbonyl (C=O) groups is 2. The maximum absolute atomic E-state index is 12.7. The smallest absolute Gasteiger partial charge is 0.341 e. The zero-order chi connectivity index (χ0) is 21.7. The second-order valence-corrected chi connectivity index (χ2v) is 8.22. The number of nitrogens with zero attached hydrogens (tertiary/aromatic N) is 2. The van der Waals surface area contributed by atoms with Crippen molar-refractivity contribution in [2.75, 3.05) is 30.9 Å². The van der Waals surface area contributed by atoms with E-state index in [-0.39, 0.29) is 19.1 Å². The summed E-state index contributed by atoms with van der Waals surface area (Å²) < 4.78 is 7.08. The van der Waals surface area contributed by atoms with E-state index in [4.69, 9.17) is 4.74 Å². The van der Waals surface area contributed by atoms with Crippen molar-refractivity contribution in [3.63, 3.8) is 0 Å². The van der Waals surface area contributed by atoms with Crippen LogP contribution in [0.3, 0.4) is 0 Å². The summed E-state index contributed by atoms with van der Waals surface area (Å²) in [5.74, 6) is -0.636. The van der Waals surface area contributed by atoms with Crippen LogP contribution in [0.15, 0.2) is 54.9 Å². The summed E-state index contributed by atoms with van der Waals surface area (Å²) in [7, 11) is 3.93. The molecule has 0 saturated heterocycles. The summed E-state index contributed by atoms with van der Waals surface area (Å²) >= 11 is 1.39. The van der Waals surface area contributed by atoms with Crippen LogP contribution in [0, 0.1) is 6.92 Å². The lowest BCUT2D eigenvalue weighted by molar-refractivity contribution is -0.684. The van der Waals surface area contributed by atoms with E-state index in [9.17, 15) is 9.59 Å². The van der Waals surface area contributed by atoms with Crippen LogP contribution in [0.4, 0.5) is 10.7 Å². The number of amides is 1. The van der Waals surface area contributed by atoms with Gasteiger partial charge in [-0.2, -0.15) is 4.57 Å². The van der Waals surface area contributed by atoms with Crippen molar-refractivity contribution in [3.8, 4) is 11.1 Å². The van der Waals surface area contributed by atoms with E-state index in [0.717, 1.165) is 21.7 Å². The summed E-state index contributed by atoms with van der Waals surface area (Å²) in [6, 6.07) is 13.6. The molecule has 0 aliphatic rings. The Balaban J connectivity index is 1.87. The molecule has 30 heavy (non-hydrogen) atoms. The van der Waals surface area contributed by atoms with Crippen LogP contribution in [0.2, 0.25) is 0 Å². The molecule has 1 aromatic carbocycles. The number of thiophene rings is 1. The fourth-order valence-electron chi connectivity index (χ4n) is 3.17. The molecule has 7 heteroatoms. The van der Waals surface area contributed by atoms with Gasteiger partial charge in [-0.1, -0.05) is 30.3 Å².